The number of carbonyl (C=O) groups is 1. The van der Waals surface area contributed by atoms with Crippen LogP contribution in [0.1, 0.15) is 15.3 Å². The van der Waals surface area contributed by atoms with Gasteiger partial charge in [0.1, 0.15) is 13.1 Å². The van der Waals surface area contributed by atoms with Gasteiger partial charge in [0.15, 0.2) is 6.54 Å². The van der Waals surface area contributed by atoms with Crippen LogP contribution in [0.4, 0.5) is 0 Å². The summed E-state index contributed by atoms with van der Waals surface area (Å²) in [6.07, 6.45) is 0.789. The summed E-state index contributed by atoms with van der Waals surface area (Å²) < 4.78 is 0. The number of carbonyl (C=O) groups excluding carboxylic acids is 1. The number of hydrogen-bond acceptors (Lipinski definition) is 3. The minimum atomic E-state index is 0.0927. The number of nitrogens with one attached hydrogen (secondary N) is 2. The van der Waals surface area contributed by atoms with Gasteiger partial charge in [-0.3, -0.25) is 4.79 Å². The smallest absolute Gasteiger partial charge is 0.275 e. The second-order valence-electron chi connectivity index (χ2n) is 6.17. The third-order valence-corrected chi connectivity index (χ3v) is 6.03. The minimum Gasteiger partial charge on any atom is -0.351 e. The Hall–Kier alpha value is -1.66. The highest BCUT2D eigenvalue weighted by Gasteiger charge is 2.16. The molecule has 0 saturated carbocycles. The number of hydrogen-bond donors (Lipinski definition) is 2. The maximum Gasteiger partial charge on any atom is 0.275 e. The highest BCUT2D eigenvalue weighted by Crippen LogP contribution is 2.11. The number of amides is 1. The molecule has 0 atom stereocenters. The van der Waals surface area contributed by atoms with E-state index in [1.165, 1.54) is 14.7 Å². The molecule has 0 fully saturated rings. The van der Waals surface area contributed by atoms with Gasteiger partial charge in [-0.25, -0.2) is 0 Å². The molecular weight excluding hydrogens is 384 g/mol. The average Bonchev–Trinajstić information content (AvgIpc) is 3.29. The quantitative estimate of drug-likeness (QED) is 0.562. The van der Waals surface area contributed by atoms with Crippen molar-refractivity contribution in [2.75, 3.05) is 13.1 Å². The number of rotatable bonds is 9. The van der Waals surface area contributed by atoms with Crippen LogP contribution in [0.25, 0.3) is 0 Å². The number of benzene rings is 1. The maximum atomic E-state index is 12.4. The minimum absolute atomic E-state index is 0.0927. The van der Waals surface area contributed by atoms with Gasteiger partial charge in [0.25, 0.3) is 5.91 Å². The van der Waals surface area contributed by atoms with Crippen LogP contribution < -0.4 is 10.2 Å². The molecule has 1 amide bonds. The summed E-state index contributed by atoms with van der Waals surface area (Å²) in [6, 6.07) is 16.2. The standard InChI is InChI=1S/C20H21ClN2OS2/c21-17-5-1-4-16(12-17)8-9-22-20(24)15-23(13-18-6-2-10-25-18)14-19-7-3-11-26-19/h1-7,10-12H,8-9,13-15H2,(H,22,24)/p+1. The predicted octanol–water partition coefficient (Wildman–Crippen LogP) is 3.41. The van der Waals surface area contributed by atoms with E-state index in [4.69, 9.17) is 11.6 Å². The lowest BCUT2D eigenvalue weighted by Gasteiger charge is -2.18. The fraction of sp³-hybridized carbons (Fsp3) is 0.250. The molecule has 2 heterocycles. The second kappa shape index (κ2) is 9.88. The van der Waals surface area contributed by atoms with Crippen LogP contribution in [0, 0.1) is 0 Å². The van der Waals surface area contributed by atoms with Crippen molar-refractivity contribution in [1.29, 1.82) is 0 Å². The topological polar surface area (TPSA) is 33.5 Å². The van der Waals surface area contributed by atoms with Crippen molar-refractivity contribution >= 4 is 40.2 Å². The van der Waals surface area contributed by atoms with Crippen LogP contribution in [0.5, 0.6) is 0 Å². The lowest BCUT2D eigenvalue weighted by atomic mass is 10.1. The number of halogens is 1. The van der Waals surface area contributed by atoms with Gasteiger partial charge in [0.2, 0.25) is 0 Å². The zero-order valence-corrected chi connectivity index (χ0v) is 16.8. The molecule has 6 heteroatoms. The summed E-state index contributed by atoms with van der Waals surface area (Å²) in [5.74, 6) is 0.0927. The fourth-order valence-electron chi connectivity index (χ4n) is 2.83. The first-order chi connectivity index (χ1) is 12.7. The highest BCUT2D eigenvalue weighted by atomic mass is 35.5. The van der Waals surface area contributed by atoms with Crippen LogP contribution in [0.2, 0.25) is 5.02 Å². The Morgan fingerprint density at radius 1 is 1.00 bits per heavy atom. The van der Waals surface area contributed by atoms with Crippen molar-refractivity contribution in [3.05, 3.63) is 79.6 Å². The summed E-state index contributed by atoms with van der Waals surface area (Å²) in [6.45, 7) is 2.85. The van der Waals surface area contributed by atoms with E-state index in [1.54, 1.807) is 22.7 Å². The molecule has 2 aromatic heterocycles. The van der Waals surface area contributed by atoms with Crippen LogP contribution in [-0.4, -0.2) is 19.0 Å². The largest absolute Gasteiger partial charge is 0.351 e. The van der Waals surface area contributed by atoms with E-state index in [0.29, 0.717) is 13.1 Å². The second-order valence-corrected chi connectivity index (χ2v) is 8.67. The van der Waals surface area contributed by atoms with Crippen molar-refractivity contribution in [1.82, 2.24) is 5.32 Å². The van der Waals surface area contributed by atoms with Crippen LogP contribution in [0.15, 0.2) is 59.3 Å². The summed E-state index contributed by atoms with van der Waals surface area (Å²) in [4.78, 5) is 16.3. The van der Waals surface area contributed by atoms with E-state index in [9.17, 15) is 4.79 Å². The van der Waals surface area contributed by atoms with E-state index in [0.717, 1.165) is 30.1 Å². The monoisotopic (exact) mass is 405 g/mol. The first-order valence-electron chi connectivity index (χ1n) is 8.58. The molecule has 0 unspecified atom stereocenters. The Balaban J connectivity index is 1.50. The van der Waals surface area contributed by atoms with Gasteiger partial charge in [0.05, 0.1) is 9.75 Å². The Labute approximate surface area is 167 Å². The fourth-order valence-corrected chi connectivity index (χ4v) is 4.60. The van der Waals surface area contributed by atoms with Crippen molar-refractivity contribution in [3.63, 3.8) is 0 Å². The van der Waals surface area contributed by atoms with Gasteiger partial charge in [-0.15, -0.1) is 22.7 Å². The maximum absolute atomic E-state index is 12.4. The third kappa shape index (κ3) is 6.25. The van der Waals surface area contributed by atoms with E-state index in [2.05, 4.69) is 40.3 Å². The third-order valence-electron chi connectivity index (χ3n) is 4.04. The highest BCUT2D eigenvalue weighted by molar-refractivity contribution is 7.10. The van der Waals surface area contributed by atoms with Gasteiger partial charge in [-0.05, 0) is 47.0 Å². The normalized spacial score (nSPS) is 11.0. The zero-order chi connectivity index (χ0) is 18.2. The van der Waals surface area contributed by atoms with Crippen LogP contribution >= 0.6 is 34.3 Å². The zero-order valence-electron chi connectivity index (χ0n) is 14.4. The van der Waals surface area contributed by atoms with Gasteiger partial charge in [0, 0.05) is 11.6 Å². The first kappa shape index (κ1) is 19.1. The molecule has 0 spiro atoms. The lowest BCUT2D eigenvalue weighted by Crippen LogP contribution is -3.10. The molecule has 3 aromatic rings. The molecule has 26 heavy (non-hydrogen) atoms. The van der Waals surface area contributed by atoms with Gasteiger partial charge < -0.3 is 10.2 Å². The van der Waals surface area contributed by atoms with Crippen molar-refractivity contribution in [2.24, 2.45) is 0 Å². The van der Waals surface area contributed by atoms with Crippen molar-refractivity contribution in [2.45, 2.75) is 19.5 Å². The Morgan fingerprint density at radius 3 is 2.27 bits per heavy atom. The molecule has 0 bridgehead atoms. The molecule has 0 aliphatic carbocycles. The average molecular weight is 406 g/mol. The van der Waals surface area contributed by atoms with Gasteiger partial charge >= 0.3 is 0 Å². The summed E-state index contributed by atoms with van der Waals surface area (Å²) in [5.41, 5.74) is 1.14. The van der Waals surface area contributed by atoms with Crippen molar-refractivity contribution in [3.8, 4) is 0 Å². The lowest BCUT2D eigenvalue weighted by molar-refractivity contribution is -0.919. The van der Waals surface area contributed by atoms with Crippen molar-refractivity contribution < 1.29 is 9.69 Å². The molecule has 0 radical (unpaired) electrons. The van der Waals surface area contributed by atoms with Crippen LogP contribution in [-0.2, 0) is 24.3 Å². The summed E-state index contributed by atoms with van der Waals surface area (Å²) in [5, 5.41) is 7.95. The molecule has 2 N–H and O–H groups in total. The number of thiophene rings is 2. The Bertz CT molecular complexity index is 767. The van der Waals surface area contributed by atoms with E-state index < -0.39 is 0 Å². The Morgan fingerprint density at radius 2 is 1.69 bits per heavy atom. The molecule has 3 nitrogen and oxygen atoms in total. The molecule has 0 saturated heterocycles. The van der Waals surface area contributed by atoms with E-state index >= 15 is 0 Å². The summed E-state index contributed by atoms with van der Waals surface area (Å²) >= 11 is 9.49. The first-order valence-corrected chi connectivity index (χ1v) is 10.7. The SMILES string of the molecule is O=C(C[NH+](Cc1cccs1)Cc1cccs1)NCCc1cccc(Cl)c1. The van der Waals surface area contributed by atoms with Crippen LogP contribution in [0.3, 0.4) is 0 Å². The Kier molecular flexibility index (Phi) is 7.26. The van der Waals surface area contributed by atoms with Gasteiger partial charge in [-0.2, -0.15) is 0 Å². The molecule has 0 aliphatic heterocycles. The molecule has 136 valence electrons. The van der Waals surface area contributed by atoms with E-state index in [1.807, 2.05) is 24.3 Å². The molecule has 0 aliphatic rings. The molecule has 3 rings (SSSR count). The van der Waals surface area contributed by atoms with Gasteiger partial charge in [-0.1, -0.05) is 35.9 Å². The molecular formula is C20H22ClN2OS2+. The number of quaternary nitrogens is 1. The molecule has 1 aromatic carbocycles. The predicted molar refractivity (Wildman–Crippen MR) is 110 cm³/mol. The van der Waals surface area contributed by atoms with E-state index in [-0.39, 0.29) is 5.91 Å². The summed E-state index contributed by atoms with van der Waals surface area (Å²) in [7, 11) is 0.